The number of halogens is 1. The van der Waals surface area contributed by atoms with Gasteiger partial charge in [-0.15, -0.1) is 0 Å². The molecule has 0 aliphatic heterocycles. The number of rotatable bonds is 11. The van der Waals surface area contributed by atoms with Gasteiger partial charge in [-0.1, -0.05) is 26.8 Å². The predicted octanol–water partition coefficient (Wildman–Crippen LogP) is 4.74. The van der Waals surface area contributed by atoms with Gasteiger partial charge >= 0.3 is 11.9 Å². The van der Waals surface area contributed by atoms with Gasteiger partial charge in [0, 0.05) is 43.2 Å². The van der Waals surface area contributed by atoms with Crippen molar-refractivity contribution in [2.75, 3.05) is 14.2 Å². The molecule has 8 nitrogen and oxygen atoms in total. The lowest BCUT2D eigenvalue weighted by Crippen LogP contribution is -2.30. The van der Waals surface area contributed by atoms with E-state index < -0.39 is 35.6 Å². The molecule has 0 N–H and O–H groups in total. The van der Waals surface area contributed by atoms with Crippen LogP contribution in [0.4, 0.5) is 4.39 Å². The fraction of sp³-hybridized carbons (Fsp3) is 0.462. The van der Waals surface area contributed by atoms with Gasteiger partial charge in [0.15, 0.2) is 17.2 Å². The van der Waals surface area contributed by atoms with Crippen LogP contribution in [-0.2, 0) is 14.3 Å². The second kappa shape index (κ2) is 12.3. The number of Topliss-reactive ketones (excluding diaryl/α,β-unsaturated/α-hetero) is 1. The first kappa shape index (κ1) is 27.8. The molecule has 2 rings (SSSR count). The first-order valence-corrected chi connectivity index (χ1v) is 11.3. The van der Waals surface area contributed by atoms with E-state index in [1.807, 2.05) is 13.8 Å². The molecule has 1 aromatic carbocycles. The van der Waals surface area contributed by atoms with Crippen molar-refractivity contribution in [2.45, 2.75) is 53.1 Å². The molecule has 0 aliphatic rings. The predicted molar refractivity (Wildman–Crippen MR) is 126 cm³/mol. The number of esters is 2. The molecule has 35 heavy (non-hydrogen) atoms. The first-order chi connectivity index (χ1) is 16.5. The van der Waals surface area contributed by atoms with E-state index in [1.165, 1.54) is 45.5 Å². The Hall–Kier alpha value is -3.49. The molecular formula is C26H32FNO7. The minimum Gasteiger partial charge on any atom is -0.496 e. The van der Waals surface area contributed by atoms with Crippen molar-refractivity contribution in [1.29, 1.82) is 0 Å². The van der Waals surface area contributed by atoms with Crippen molar-refractivity contribution < 1.29 is 37.7 Å². The molecule has 0 fully saturated rings. The fourth-order valence-corrected chi connectivity index (χ4v) is 3.98. The van der Waals surface area contributed by atoms with Crippen LogP contribution in [-0.4, -0.2) is 43.0 Å². The standard InChI is InChI=1S/C26H32FNO7/c1-14(2)23(19-9-8-18(27)13-22(19)33-7)16(4)34-26(31)15(3)12-20(30)24-25(35-17(5)29)21(32-6)10-11-28-24/h8-11,13-16,23H,12H2,1-7H3/t15-,16+,23+/m1/s1. The van der Waals surface area contributed by atoms with Crippen LogP contribution in [0.3, 0.4) is 0 Å². The maximum absolute atomic E-state index is 13.7. The van der Waals surface area contributed by atoms with Gasteiger partial charge in [0.25, 0.3) is 0 Å². The van der Waals surface area contributed by atoms with E-state index in [0.717, 1.165) is 5.56 Å². The van der Waals surface area contributed by atoms with Crippen LogP contribution in [0.25, 0.3) is 0 Å². The number of hydrogen-bond donors (Lipinski definition) is 0. The van der Waals surface area contributed by atoms with Crippen LogP contribution < -0.4 is 14.2 Å². The molecule has 190 valence electrons. The lowest BCUT2D eigenvalue weighted by Gasteiger charge is -2.29. The SMILES string of the molecule is COc1cc(F)ccc1[C@@H](C(C)C)[C@H](C)OC(=O)[C@H](C)CC(=O)c1nccc(OC)c1OC(C)=O. The normalized spacial score (nSPS) is 13.5. The summed E-state index contributed by atoms with van der Waals surface area (Å²) in [6, 6.07) is 5.72. The minimum absolute atomic E-state index is 0.0429. The van der Waals surface area contributed by atoms with Crippen LogP contribution in [0.15, 0.2) is 30.5 Å². The van der Waals surface area contributed by atoms with E-state index >= 15 is 0 Å². The summed E-state index contributed by atoms with van der Waals surface area (Å²) in [6.45, 7) is 8.46. The summed E-state index contributed by atoms with van der Waals surface area (Å²) >= 11 is 0. The highest BCUT2D eigenvalue weighted by Crippen LogP contribution is 2.37. The number of pyridine rings is 1. The smallest absolute Gasteiger partial charge is 0.309 e. The van der Waals surface area contributed by atoms with Crippen molar-refractivity contribution in [3.63, 3.8) is 0 Å². The molecule has 1 heterocycles. The van der Waals surface area contributed by atoms with E-state index in [1.54, 1.807) is 19.9 Å². The Bertz CT molecular complexity index is 1070. The second-order valence-electron chi connectivity index (χ2n) is 8.61. The summed E-state index contributed by atoms with van der Waals surface area (Å²) in [5.74, 6) is -2.71. The summed E-state index contributed by atoms with van der Waals surface area (Å²) < 4.78 is 35.0. The Morgan fingerprint density at radius 3 is 2.23 bits per heavy atom. The Kier molecular flexibility index (Phi) is 9.74. The Balaban J connectivity index is 2.19. The van der Waals surface area contributed by atoms with Crippen LogP contribution in [0.2, 0.25) is 0 Å². The molecule has 0 radical (unpaired) electrons. The number of carbonyl (C=O) groups is 3. The molecule has 0 spiro atoms. The molecule has 2 aromatic rings. The molecule has 0 saturated carbocycles. The molecule has 0 saturated heterocycles. The van der Waals surface area contributed by atoms with Gasteiger partial charge in [0.05, 0.1) is 20.1 Å². The van der Waals surface area contributed by atoms with Gasteiger partial charge in [-0.25, -0.2) is 9.37 Å². The highest BCUT2D eigenvalue weighted by atomic mass is 19.1. The lowest BCUT2D eigenvalue weighted by molar-refractivity contribution is -0.154. The second-order valence-corrected chi connectivity index (χ2v) is 8.61. The van der Waals surface area contributed by atoms with Crippen LogP contribution in [0.1, 0.15) is 63.0 Å². The highest BCUT2D eigenvalue weighted by Gasteiger charge is 2.31. The zero-order chi connectivity index (χ0) is 26.3. The average molecular weight is 490 g/mol. The molecule has 1 aromatic heterocycles. The molecular weight excluding hydrogens is 457 g/mol. The number of aromatic nitrogens is 1. The molecule has 0 bridgehead atoms. The Morgan fingerprint density at radius 1 is 1.00 bits per heavy atom. The van der Waals surface area contributed by atoms with Gasteiger partial charge in [-0.05, 0) is 18.9 Å². The highest BCUT2D eigenvalue weighted by molar-refractivity contribution is 5.99. The summed E-state index contributed by atoms with van der Waals surface area (Å²) in [5.41, 5.74) is 0.614. The van der Waals surface area contributed by atoms with Gasteiger partial charge in [-0.3, -0.25) is 14.4 Å². The zero-order valence-corrected chi connectivity index (χ0v) is 21.1. The molecule has 0 amide bonds. The number of ether oxygens (including phenoxy) is 4. The van der Waals surface area contributed by atoms with Crippen LogP contribution in [0, 0.1) is 17.7 Å². The summed E-state index contributed by atoms with van der Waals surface area (Å²) in [4.78, 5) is 41.3. The molecule has 3 atom stereocenters. The summed E-state index contributed by atoms with van der Waals surface area (Å²) in [5, 5.41) is 0. The lowest BCUT2D eigenvalue weighted by atomic mass is 9.83. The van der Waals surface area contributed by atoms with Gasteiger partial charge in [0.2, 0.25) is 5.75 Å². The number of methoxy groups -OCH3 is 2. The van der Waals surface area contributed by atoms with Gasteiger partial charge in [0.1, 0.15) is 17.7 Å². The van der Waals surface area contributed by atoms with E-state index in [4.69, 9.17) is 18.9 Å². The average Bonchev–Trinajstić information content (AvgIpc) is 2.79. The molecule has 9 heteroatoms. The van der Waals surface area contributed by atoms with Crippen LogP contribution in [0.5, 0.6) is 17.2 Å². The topological polar surface area (TPSA) is 101 Å². The van der Waals surface area contributed by atoms with E-state index in [-0.39, 0.29) is 35.4 Å². The van der Waals surface area contributed by atoms with Crippen molar-refractivity contribution in [3.8, 4) is 17.2 Å². The number of ketones is 1. The fourth-order valence-electron chi connectivity index (χ4n) is 3.98. The first-order valence-electron chi connectivity index (χ1n) is 11.3. The van der Waals surface area contributed by atoms with E-state index in [9.17, 15) is 18.8 Å². The Morgan fingerprint density at radius 2 is 1.66 bits per heavy atom. The van der Waals surface area contributed by atoms with Crippen molar-refractivity contribution in [2.24, 2.45) is 11.8 Å². The number of hydrogen-bond acceptors (Lipinski definition) is 8. The van der Waals surface area contributed by atoms with E-state index in [2.05, 4.69) is 4.98 Å². The number of benzene rings is 1. The third kappa shape index (κ3) is 7.00. The van der Waals surface area contributed by atoms with Crippen molar-refractivity contribution in [1.82, 2.24) is 4.98 Å². The molecule has 0 aliphatic carbocycles. The summed E-state index contributed by atoms with van der Waals surface area (Å²) in [6.07, 6.45) is 0.561. The van der Waals surface area contributed by atoms with Crippen LogP contribution >= 0.6 is 0 Å². The number of nitrogens with zero attached hydrogens (tertiary/aromatic N) is 1. The largest absolute Gasteiger partial charge is 0.496 e. The zero-order valence-electron chi connectivity index (χ0n) is 21.1. The molecule has 0 unspecified atom stereocenters. The summed E-state index contributed by atoms with van der Waals surface area (Å²) in [7, 11) is 2.83. The third-order valence-electron chi connectivity index (χ3n) is 5.57. The van der Waals surface area contributed by atoms with E-state index in [0.29, 0.717) is 5.75 Å². The van der Waals surface area contributed by atoms with Gasteiger partial charge in [-0.2, -0.15) is 0 Å². The van der Waals surface area contributed by atoms with Gasteiger partial charge < -0.3 is 18.9 Å². The third-order valence-corrected chi connectivity index (χ3v) is 5.57. The minimum atomic E-state index is -0.800. The quantitative estimate of drug-likeness (QED) is 0.329. The van der Waals surface area contributed by atoms with Crippen molar-refractivity contribution >= 4 is 17.7 Å². The monoisotopic (exact) mass is 489 g/mol. The Labute approximate surface area is 204 Å². The maximum Gasteiger partial charge on any atom is 0.309 e. The number of carbonyl (C=O) groups excluding carboxylic acids is 3. The maximum atomic E-state index is 13.7. The van der Waals surface area contributed by atoms with Crippen molar-refractivity contribution in [3.05, 3.63) is 47.5 Å².